The van der Waals surface area contributed by atoms with E-state index in [2.05, 4.69) is 20.8 Å². The fraction of sp³-hybridized carbons (Fsp3) is 0.267. The molecule has 0 atom stereocenters. The van der Waals surface area contributed by atoms with Gasteiger partial charge in [0.15, 0.2) is 0 Å². The Labute approximate surface area is 202 Å². The highest BCUT2D eigenvalue weighted by Gasteiger charge is 2.41. The number of amides is 2. The number of benzene rings is 3. The van der Waals surface area contributed by atoms with Gasteiger partial charge in [0.2, 0.25) is 0 Å². The van der Waals surface area contributed by atoms with E-state index in [0.717, 1.165) is 27.8 Å². The van der Waals surface area contributed by atoms with Gasteiger partial charge in [0.25, 0.3) is 11.8 Å². The van der Waals surface area contributed by atoms with Gasteiger partial charge >= 0.3 is 0 Å². The lowest BCUT2D eigenvalue weighted by molar-refractivity contribution is -0.120. The summed E-state index contributed by atoms with van der Waals surface area (Å²) < 4.78 is 0. The molecule has 4 nitrogen and oxygen atoms in total. The van der Waals surface area contributed by atoms with Crippen LogP contribution in [0.25, 0.3) is 5.57 Å². The number of carbonyl (C=O) groups is 2. The van der Waals surface area contributed by atoms with Gasteiger partial charge in [-0.2, -0.15) is 0 Å². The van der Waals surface area contributed by atoms with Gasteiger partial charge in [0, 0.05) is 13.6 Å². The highest BCUT2D eigenvalue weighted by atomic mass is 16.2. The molecule has 0 radical (unpaired) electrons. The summed E-state index contributed by atoms with van der Waals surface area (Å²) in [5, 5.41) is 0. The molecule has 0 aliphatic carbocycles. The van der Waals surface area contributed by atoms with Crippen LogP contribution in [-0.4, -0.2) is 23.8 Å². The molecule has 4 heteroatoms. The lowest BCUT2D eigenvalue weighted by Crippen LogP contribution is -2.34. The standard InChI is InChI=1S/C30H32N2O2/c1-20-12-13-23(18-21(20)2)26-27(31(6)19-22-10-8-7-9-11-22)29(34)32(28(26)33)25-16-14-24(15-17-25)30(3,4)5/h7-18H,19H2,1-6H3. The highest BCUT2D eigenvalue weighted by Crippen LogP contribution is 2.36. The Morgan fingerprint density at radius 1 is 0.794 bits per heavy atom. The van der Waals surface area contributed by atoms with E-state index in [1.54, 1.807) is 0 Å². The van der Waals surface area contributed by atoms with Crippen LogP contribution in [0.15, 0.2) is 78.5 Å². The van der Waals surface area contributed by atoms with Crippen molar-refractivity contribution in [1.29, 1.82) is 0 Å². The molecular formula is C30H32N2O2. The van der Waals surface area contributed by atoms with Crippen molar-refractivity contribution in [3.63, 3.8) is 0 Å². The third kappa shape index (κ3) is 4.41. The van der Waals surface area contributed by atoms with Gasteiger partial charge in [-0.3, -0.25) is 9.59 Å². The van der Waals surface area contributed by atoms with Crippen molar-refractivity contribution < 1.29 is 9.59 Å². The molecule has 2 amide bonds. The van der Waals surface area contributed by atoms with Gasteiger partial charge < -0.3 is 4.90 Å². The quantitative estimate of drug-likeness (QED) is 0.445. The Balaban J connectivity index is 1.79. The molecule has 3 aromatic rings. The van der Waals surface area contributed by atoms with E-state index in [4.69, 9.17) is 0 Å². The molecule has 0 spiro atoms. The van der Waals surface area contributed by atoms with Crippen molar-refractivity contribution in [2.24, 2.45) is 0 Å². The number of hydrogen-bond donors (Lipinski definition) is 0. The van der Waals surface area contributed by atoms with Crippen molar-refractivity contribution in [2.45, 2.75) is 46.6 Å². The maximum absolute atomic E-state index is 13.8. The molecule has 0 bridgehead atoms. The average molecular weight is 453 g/mol. The van der Waals surface area contributed by atoms with Gasteiger partial charge in [0.05, 0.1) is 11.3 Å². The van der Waals surface area contributed by atoms with E-state index in [1.165, 1.54) is 4.90 Å². The lowest BCUT2D eigenvalue weighted by Gasteiger charge is -2.23. The van der Waals surface area contributed by atoms with Gasteiger partial charge in [-0.05, 0) is 59.2 Å². The van der Waals surface area contributed by atoms with E-state index in [1.807, 2.05) is 98.6 Å². The molecule has 0 unspecified atom stereocenters. The first-order valence-corrected chi connectivity index (χ1v) is 11.6. The van der Waals surface area contributed by atoms with Crippen LogP contribution in [-0.2, 0) is 21.5 Å². The van der Waals surface area contributed by atoms with Crippen LogP contribution < -0.4 is 4.90 Å². The minimum absolute atomic E-state index is 0.0124. The monoisotopic (exact) mass is 452 g/mol. The second-order valence-electron chi connectivity index (χ2n) is 10.1. The number of anilines is 1. The van der Waals surface area contributed by atoms with Gasteiger partial charge in [-0.1, -0.05) is 81.4 Å². The summed E-state index contributed by atoms with van der Waals surface area (Å²) in [6.07, 6.45) is 0. The lowest BCUT2D eigenvalue weighted by atomic mass is 9.87. The van der Waals surface area contributed by atoms with E-state index in [0.29, 0.717) is 23.5 Å². The number of carbonyl (C=O) groups excluding carboxylic acids is 2. The van der Waals surface area contributed by atoms with Crippen molar-refractivity contribution in [3.8, 4) is 0 Å². The van der Waals surface area contributed by atoms with E-state index >= 15 is 0 Å². The molecule has 0 N–H and O–H groups in total. The zero-order valence-corrected chi connectivity index (χ0v) is 20.8. The first-order valence-electron chi connectivity index (χ1n) is 11.6. The fourth-order valence-corrected chi connectivity index (χ4v) is 4.31. The Bertz CT molecular complexity index is 1270. The Morgan fingerprint density at radius 2 is 1.44 bits per heavy atom. The number of rotatable bonds is 5. The van der Waals surface area contributed by atoms with Gasteiger partial charge in [-0.15, -0.1) is 0 Å². The topological polar surface area (TPSA) is 40.6 Å². The summed E-state index contributed by atoms with van der Waals surface area (Å²) in [7, 11) is 1.88. The molecule has 1 heterocycles. The van der Waals surface area contributed by atoms with Crippen LogP contribution in [0.5, 0.6) is 0 Å². The maximum Gasteiger partial charge on any atom is 0.282 e. The van der Waals surface area contributed by atoms with Crippen molar-refractivity contribution in [3.05, 3.63) is 106 Å². The highest BCUT2D eigenvalue weighted by molar-refractivity contribution is 6.45. The third-order valence-electron chi connectivity index (χ3n) is 6.49. The van der Waals surface area contributed by atoms with E-state index in [-0.39, 0.29) is 17.2 Å². The van der Waals surface area contributed by atoms with Crippen LogP contribution in [0.3, 0.4) is 0 Å². The van der Waals surface area contributed by atoms with Crippen LogP contribution in [0.4, 0.5) is 5.69 Å². The summed E-state index contributed by atoms with van der Waals surface area (Å²) in [5.74, 6) is -0.577. The number of imide groups is 1. The molecule has 174 valence electrons. The third-order valence-corrected chi connectivity index (χ3v) is 6.49. The zero-order valence-electron chi connectivity index (χ0n) is 20.8. The van der Waals surface area contributed by atoms with Crippen molar-refractivity contribution in [1.82, 2.24) is 4.90 Å². The molecule has 3 aromatic carbocycles. The summed E-state index contributed by atoms with van der Waals surface area (Å²) in [6.45, 7) is 11.0. The summed E-state index contributed by atoms with van der Waals surface area (Å²) in [6, 6.07) is 23.6. The normalized spacial score (nSPS) is 14.2. The van der Waals surface area contributed by atoms with Crippen LogP contribution in [0.1, 0.15) is 48.6 Å². The number of hydrogen-bond acceptors (Lipinski definition) is 3. The molecular weight excluding hydrogens is 420 g/mol. The molecule has 34 heavy (non-hydrogen) atoms. The first-order chi connectivity index (χ1) is 16.1. The molecule has 0 fully saturated rings. The van der Waals surface area contributed by atoms with Crippen molar-refractivity contribution in [2.75, 3.05) is 11.9 Å². The van der Waals surface area contributed by atoms with E-state index in [9.17, 15) is 9.59 Å². The summed E-state index contributed by atoms with van der Waals surface area (Å²) in [4.78, 5) is 30.8. The minimum Gasteiger partial charge on any atom is -0.365 e. The second kappa shape index (κ2) is 8.94. The van der Waals surface area contributed by atoms with Gasteiger partial charge in [-0.25, -0.2) is 4.90 Å². The second-order valence-corrected chi connectivity index (χ2v) is 10.1. The number of nitrogens with zero attached hydrogens (tertiary/aromatic N) is 2. The molecule has 0 saturated heterocycles. The Hall–Kier alpha value is -3.66. The van der Waals surface area contributed by atoms with E-state index < -0.39 is 0 Å². The molecule has 0 aromatic heterocycles. The minimum atomic E-state index is -0.292. The van der Waals surface area contributed by atoms with Crippen molar-refractivity contribution >= 4 is 23.1 Å². The Kier molecular flexibility index (Phi) is 6.18. The number of likely N-dealkylation sites (N-methyl/N-ethyl adjacent to an activating group) is 1. The zero-order chi connectivity index (χ0) is 24.6. The van der Waals surface area contributed by atoms with Crippen LogP contribution >= 0.6 is 0 Å². The molecule has 1 aliphatic rings. The van der Waals surface area contributed by atoms with Gasteiger partial charge in [0.1, 0.15) is 5.70 Å². The largest absolute Gasteiger partial charge is 0.365 e. The summed E-state index contributed by atoms with van der Waals surface area (Å²) >= 11 is 0. The number of aryl methyl sites for hydroxylation is 2. The smallest absolute Gasteiger partial charge is 0.282 e. The SMILES string of the molecule is Cc1ccc(C2=C(N(C)Cc3ccccc3)C(=O)N(c3ccc(C(C)(C)C)cc3)C2=O)cc1C. The average Bonchev–Trinajstić information content (AvgIpc) is 3.06. The van der Waals surface area contributed by atoms with Crippen LogP contribution in [0, 0.1) is 13.8 Å². The molecule has 1 aliphatic heterocycles. The molecule has 0 saturated carbocycles. The summed E-state index contributed by atoms with van der Waals surface area (Å²) in [5.41, 5.74) is 6.69. The Morgan fingerprint density at radius 3 is 2.03 bits per heavy atom. The predicted molar refractivity (Wildman–Crippen MR) is 138 cm³/mol. The maximum atomic E-state index is 13.8. The molecule has 4 rings (SSSR count). The first kappa shape index (κ1) is 23.5. The fourth-order valence-electron chi connectivity index (χ4n) is 4.31. The predicted octanol–water partition coefficient (Wildman–Crippen LogP) is 6.02. The van der Waals surface area contributed by atoms with Crippen LogP contribution in [0.2, 0.25) is 0 Å².